The van der Waals surface area contributed by atoms with Crippen molar-refractivity contribution in [3.63, 3.8) is 0 Å². The second kappa shape index (κ2) is 7.69. The topological polar surface area (TPSA) is 70.2 Å². The molecule has 0 fully saturated rings. The van der Waals surface area contributed by atoms with Gasteiger partial charge in [0.05, 0.1) is 12.1 Å². The molecule has 0 saturated carbocycles. The average Bonchev–Trinajstić information content (AvgIpc) is 2.53. The minimum atomic E-state index is -4.44. The Labute approximate surface area is 142 Å². The molecule has 0 saturated heterocycles. The third kappa shape index (κ3) is 5.83. The van der Waals surface area contributed by atoms with E-state index in [0.29, 0.717) is 5.69 Å². The number of urea groups is 1. The summed E-state index contributed by atoms with van der Waals surface area (Å²) in [5.74, 6) is -0.423. The first-order valence-corrected chi connectivity index (χ1v) is 7.33. The molecule has 0 aliphatic rings. The number of anilines is 2. The lowest BCUT2D eigenvalue weighted by atomic mass is 10.2. The van der Waals surface area contributed by atoms with Crippen molar-refractivity contribution in [1.82, 2.24) is 5.32 Å². The number of halogens is 3. The fraction of sp³-hybridized carbons (Fsp3) is 0.176. The summed E-state index contributed by atoms with van der Waals surface area (Å²) in [4.78, 5) is 23.4. The number of amides is 3. The second-order valence-corrected chi connectivity index (χ2v) is 5.30. The Morgan fingerprint density at radius 3 is 2.24 bits per heavy atom. The number of nitrogens with one attached hydrogen (secondary N) is 3. The van der Waals surface area contributed by atoms with Crippen LogP contribution in [-0.2, 0) is 11.0 Å². The zero-order valence-corrected chi connectivity index (χ0v) is 13.3. The molecular weight excluding hydrogens is 335 g/mol. The number of carbonyl (C=O) groups is 2. The quantitative estimate of drug-likeness (QED) is 0.785. The molecule has 0 spiro atoms. The molecule has 2 aromatic rings. The molecule has 3 N–H and O–H groups in total. The van der Waals surface area contributed by atoms with Crippen LogP contribution in [0.3, 0.4) is 0 Å². The molecule has 0 heterocycles. The van der Waals surface area contributed by atoms with Gasteiger partial charge in [-0.15, -0.1) is 0 Å². The predicted octanol–water partition coefficient (Wildman–Crippen LogP) is 3.77. The van der Waals surface area contributed by atoms with Gasteiger partial charge in [-0.1, -0.05) is 12.1 Å². The molecule has 5 nitrogen and oxygen atoms in total. The molecule has 8 heteroatoms. The van der Waals surface area contributed by atoms with E-state index in [1.165, 1.54) is 0 Å². The molecule has 132 valence electrons. The zero-order chi connectivity index (χ0) is 18.4. The lowest BCUT2D eigenvalue weighted by Crippen LogP contribution is -2.35. The summed E-state index contributed by atoms with van der Waals surface area (Å²) in [6, 6.07) is 10.5. The molecule has 0 unspecified atom stereocenters. The van der Waals surface area contributed by atoms with Crippen molar-refractivity contribution in [3.05, 3.63) is 59.7 Å². The van der Waals surface area contributed by atoms with Crippen molar-refractivity contribution in [2.45, 2.75) is 13.1 Å². The lowest BCUT2D eigenvalue weighted by molar-refractivity contribution is -0.137. The summed E-state index contributed by atoms with van der Waals surface area (Å²) in [6.45, 7) is 1.60. The Kier molecular flexibility index (Phi) is 5.63. The summed E-state index contributed by atoms with van der Waals surface area (Å²) in [7, 11) is 0. The van der Waals surface area contributed by atoms with Crippen LogP contribution >= 0.6 is 0 Å². The van der Waals surface area contributed by atoms with E-state index in [-0.39, 0.29) is 12.2 Å². The highest BCUT2D eigenvalue weighted by Crippen LogP contribution is 2.29. The molecule has 3 amide bonds. The highest BCUT2D eigenvalue weighted by Gasteiger charge is 2.29. The molecule has 0 aromatic heterocycles. The molecule has 25 heavy (non-hydrogen) atoms. The Hall–Kier alpha value is -3.03. The highest BCUT2D eigenvalue weighted by atomic mass is 19.4. The predicted molar refractivity (Wildman–Crippen MR) is 88.3 cm³/mol. The van der Waals surface area contributed by atoms with Crippen LogP contribution in [-0.4, -0.2) is 18.5 Å². The third-order valence-electron chi connectivity index (χ3n) is 3.18. The molecular formula is C17H16F3N3O2. The monoisotopic (exact) mass is 351 g/mol. The number of rotatable bonds is 4. The molecule has 0 radical (unpaired) electrons. The van der Waals surface area contributed by atoms with Gasteiger partial charge in [0.1, 0.15) is 0 Å². The summed E-state index contributed by atoms with van der Waals surface area (Å²) in [5, 5.41) is 7.30. The van der Waals surface area contributed by atoms with Crippen LogP contribution in [0.5, 0.6) is 0 Å². The molecule has 0 aliphatic carbocycles. The van der Waals surface area contributed by atoms with Crippen LogP contribution in [0.15, 0.2) is 48.5 Å². The van der Waals surface area contributed by atoms with Crippen molar-refractivity contribution in [2.24, 2.45) is 0 Å². The molecule has 2 aromatic carbocycles. The van der Waals surface area contributed by atoms with E-state index in [1.807, 2.05) is 13.0 Å². The zero-order valence-electron chi connectivity index (χ0n) is 13.3. The Morgan fingerprint density at radius 2 is 1.64 bits per heavy atom. The maximum absolute atomic E-state index is 12.5. The maximum Gasteiger partial charge on any atom is 0.416 e. The van der Waals surface area contributed by atoms with Crippen molar-refractivity contribution >= 4 is 23.3 Å². The highest BCUT2D eigenvalue weighted by molar-refractivity contribution is 5.96. The van der Waals surface area contributed by atoms with E-state index < -0.39 is 23.7 Å². The SMILES string of the molecule is Cc1cccc(NC(=O)CNC(=O)Nc2ccc(C(F)(F)F)cc2)c1. The summed E-state index contributed by atoms with van der Waals surface area (Å²) < 4.78 is 37.4. The first-order chi connectivity index (χ1) is 11.7. The van der Waals surface area contributed by atoms with E-state index >= 15 is 0 Å². The molecule has 0 bridgehead atoms. The lowest BCUT2D eigenvalue weighted by Gasteiger charge is -2.10. The number of aryl methyl sites for hydroxylation is 1. The van der Waals surface area contributed by atoms with Gasteiger partial charge in [-0.2, -0.15) is 13.2 Å². The summed E-state index contributed by atoms with van der Waals surface area (Å²) in [6.07, 6.45) is -4.44. The Balaban J connectivity index is 1.81. The van der Waals surface area contributed by atoms with Crippen molar-refractivity contribution in [3.8, 4) is 0 Å². The minimum Gasteiger partial charge on any atom is -0.329 e. The van der Waals surface area contributed by atoms with Crippen LogP contribution < -0.4 is 16.0 Å². The van der Waals surface area contributed by atoms with Crippen molar-refractivity contribution in [1.29, 1.82) is 0 Å². The van der Waals surface area contributed by atoms with Crippen LogP contribution in [0.25, 0.3) is 0 Å². The standard InChI is InChI=1S/C17H16F3N3O2/c1-11-3-2-4-14(9-11)22-15(24)10-21-16(25)23-13-7-5-12(6-8-13)17(18,19)20/h2-9H,10H2,1H3,(H,22,24)(H2,21,23,25). The van der Waals surface area contributed by atoms with Crippen LogP contribution in [0.4, 0.5) is 29.3 Å². The van der Waals surface area contributed by atoms with E-state index in [4.69, 9.17) is 0 Å². The van der Waals surface area contributed by atoms with Gasteiger partial charge in [-0.25, -0.2) is 4.79 Å². The maximum atomic E-state index is 12.5. The van der Waals surface area contributed by atoms with Crippen LogP contribution in [0.1, 0.15) is 11.1 Å². The molecule has 0 atom stereocenters. The number of hydrogen-bond acceptors (Lipinski definition) is 2. The first-order valence-electron chi connectivity index (χ1n) is 7.33. The average molecular weight is 351 g/mol. The van der Waals surface area contributed by atoms with Gasteiger partial charge in [-0.3, -0.25) is 4.79 Å². The largest absolute Gasteiger partial charge is 0.416 e. The second-order valence-electron chi connectivity index (χ2n) is 5.30. The van der Waals surface area contributed by atoms with Gasteiger partial charge in [0.15, 0.2) is 0 Å². The fourth-order valence-electron chi connectivity index (χ4n) is 2.01. The summed E-state index contributed by atoms with van der Waals surface area (Å²) >= 11 is 0. The van der Waals surface area contributed by atoms with Gasteiger partial charge in [-0.05, 0) is 48.9 Å². The van der Waals surface area contributed by atoms with E-state index in [2.05, 4.69) is 16.0 Å². The van der Waals surface area contributed by atoms with E-state index in [9.17, 15) is 22.8 Å². The number of carbonyl (C=O) groups excluding carboxylic acids is 2. The smallest absolute Gasteiger partial charge is 0.329 e. The van der Waals surface area contributed by atoms with Gasteiger partial charge in [0.2, 0.25) is 5.91 Å². The van der Waals surface area contributed by atoms with Gasteiger partial charge < -0.3 is 16.0 Å². The Morgan fingerprint density at radius 1 is 0.960 bits per heavy atom. The van der Waals surface area contributed by atoms with Gasteiger partial charge >= 0.3 is 12.2 Å². The Bertz CT molecular complexity index is 758. The number of alkyl halides is 3. The molecule has 0 aliphatic heterocycles. The minimum absolute atomic E-state index is 0.185. The molecule has 2 rings (SSSR count). The third-order valence-corrected chi connectivity index (χ3v) is 3.18. The summed E-state index contributed by atoms with van der Waals surface area (Å²) in [5.41, 5.74) is 0.960. The van der Waals surface area contributed by atoms with Crippen LogP contribution in [0, 0.1) is 6.92 Å². The number of hydrogen-bond donors (Lipinski definition) is 3. The van der Waals surface area contributed by atoms with Gasteiger partial charge in [0.25, 0.3) is 0 Å². The van der Waals surface area contributed by atoms with Crippen molar-refractivity contribution < 1.29 is 22.8 Å². The number of benzene rings is 2. The fourth-order valence-corrected chi connectivity index (χ4v) is 2.01. The van der Waals surface area contributed by atoms with Gasteiger partial charge in [0, 0.05) is 11.4 Å². The first kappa shape index (κ1) is 18.3. The van der Waals surface area contributed by atoms with Crippen LogP contribution in [0.2, 0.25) is 0 Å². The normalized spacial score (nSPS) is 10.9. The van der Waals surface area contributed by atoms with Crippen molar-refractivity contribution in [2.75, 3.05) is 17.2 Å². The van der Waals surface area contributed by atoms with E-state index in [1.54, 1.807) is 18.2 Å². The van der Waals surface area contributed by atoms with E-state index in [0.717, 1.165) is 29.8 Å².